The van der Waals surface area contributed by atoms with Gasteiger partial charge in [-0.25, -0.2) is 22.2 Å². The summed E-state index contributed by atoms with van der Waals surface area (Å²) in [6.45, 7) is 0.705. The average Bonchev–Trinajstić information content (AvgIpc) is 3.04. The van der Waals surface area contributed by atoms with Crippen molar-refractivity contribution >= 4 is 21.1 Å². The molecule has 172 valence electrons. The number of pyridine rings is 2. The molecule has 12 heteroatoms. The normalized spacial score (nSPS) is 16.5. The maximum Gasteiger partial charge on any atom is 0.404 e. The van der Waals surface area contributed by atoms with Gasteiger partial charge < -0.3 is 4.57 Å². The fourth-order valence-corrected chi connectivity index (χ4v) is 4.69. The topological polar surface area (TPSA) is 76.9 Å². The highest BCUT2D eigenvalue weighted by Crippen LogP contribution is 2.39. The first kappa shape index (κ1) is 22.6. The highest BCUT2D eigenvalue weighted by molar-refractivity contribution is 7.89. The summed E-state index contributed by atoms with van der Waals surface area (Å²) >= 11 is 0. The summed E-state index contributed by atoms with van der Waals surface area (Å²) in [6, 6.07) is 3.40. The molecule has 1 atom stereocenters. The van der Waals surface area contributed by atoms with Crippen LogP contribution >= 0.6 is 0 Å². The molecule has 32 heavy (non-hydrogen) atoms. The number of rotatable bonds is 6. The van der Waals surface area contributed by atoms with E-state index in [-0.39, 0.29) is 11.6 Å². The van der Waals surface area contributed by atoms with Gasteiger partial charge in [0.25, 0.3) is 6.43 Å². The third-order valence-electron chi connectivity index (χ3n) is 5.52. The summed E-state index contributed by atoms with van der Waals surface area (Å²) < 4.78 is 92.4. The second-order valence-corrected chi connectivity index (χ2v) is 9.44. The molecule has 3 aromatic rings. The van der Waals surface area contributed by atoms with E-state index in [0.29, 0.717) is 29.3 Å². The van der Waals surface area contributed by atoms with E-state index in [1.165, 1.54) is 12.1 Å². The number of nitrogens with one attached hydrogen (secondary N) is 1. The molecule has 0 aliphatic heterocycles. The zero-order valence-corrected chi connectivity index (χ0v) is 17.6. The van der Waals surface area contributed by atoms with Gasteiger partial charge in [0, 0.05) is 29.4 Å². The number of sulfonamides is 1. The van der Waals surface area contributed by atoms with Crippen molar-refractivity contribution in [1.82, 2.24) is 19.3 Å². The minimum atomic E-state index is -4.73. The van der Waals surface area contributed by atoms with Crippen molar-refractivity contribution in [2.75, 3.05) is 0 Å². The van der Waals surface area contributed by atoms with Gasteiger partial charge in [0.05, 0.1) is 11.4 Å². The molecule has 1 aliphatic carbocycles. The molecule has 0 spiro atoms. The molecule has 0 saturated heterocycles. The van der Waals surface area contributed by atoms with Gasteiger partial charge in [0.2, 0.25) is 10.0 Å². The van der Waals surface area contributed by atoms with Crippen molar-refractivity contribution in [3.63, 3.8) is 0 Å². The summed E-state index contributed by atoms with van der Waals surface area (Å²) in [6.07, 6.45) is -2.54. The van der Waals surface area contributed by atoms with Crippen LogP contribution in [-0.4, -0.2) is 35.2 Å². The van der Waals surface area contributed by atoms with Crippen LogP contribution in [0.15, 0.2) is 41.6 Å². The van der Waals surface area contributed by atoms with Gasteiger partial charge in [-0.1, -0.05) is 0 Å². The number of hydrogen-bond acceptors (Lipinski definition) is 4. The number of hydrogen-bond donors (Lipinski definition) is 1. The Morgan fingerprint density at radius 3 is 2.38 bits per heavy atom. The van der Waals surface area contributed by atoms with Crippen LogP contribution in [0.25, 0.3) is 22.4 Å². The third-order valence-corrected chi connectivity index (χ3v) is 7.05. The Labute approximate surface area is 180 Å². The zero-order valence-electron chi connectivity index (χ0n) is 16.8. The Kier molecular flexibility index (Phi) is 5.70. The fraction of sp³-hybridized carbons (Fsp3) is 0.400. The number of fused-ring (bicyclic) bond motifs is 1. The highest BCUT2D eigenvalue weighted by Gasteiger charge is 2.39. The van der Waals surface area contributed by atoms with Crippen molar-refractivity contribution < 1.29 is 30.4 Å². The summed E-state index contributed by atoms with van der Waals surface area (Å²) in [5.41, 5.74) is 1.24. The summed E-state index contributed by atoms with van der Waals surface area (Å²) in [7, 11) is -4.44. The van der Waals surface area contributed by atoms with E-state index in [2.05, 4.69) is 9.97 Å². The second kappa shape index (κ2) is 8.07. The number of nitrogens with zero attached hydrogens (tertiary/aromatic N) is 3. The summed E-state index contributed by atoms with van der Waals surface area (Å²) in [5.74, 6) is 0. The molecule has 6 nitrogen and oxygen atoms in total. The van der Waals surface area contributed by atoms with E-state index in [9.17, 15) is 30.4 Å². The molecule has 1 aliphatic rings. The molecule has 0 radical (unpaired) electrons. The molecule has 1 N–H and O–H groups in total. The van der Waals surface area contributed by atoms with Gasteiger partial charge in [-0.15, -0.1) is 0 Å². The Morgan fingerprint density at radius 1 is 1.12 bits per heavy atom. The predicted octanol–water partition coefficient (Wildman–Crippen LogP) is 4.99. The van der Waals surface area contributed by atoms with Gasteiger partial charge in [0.1, 0.15) is 16.6 Å². The number of halogens is 5. The Morgan fingerprint density at radius 2 is 1.84 bits per heavy atom. The first-order valence-corrected chi connectivity index (χ1v) is 11.3. The van der Waals surface area contributed by atoms with Crippen LogP contribution in [0, 0.1) is 0 Å². The van der Waals surface area contributed by atoms with E-state index in [1.807, 2.05) is 4.57 Å². The summed E-state index contributed by atoms with van der Waals surface area (Å²) in [5, 5.41) is 0.504. The van der Waals surface area contributed by atoms with Crippen LogP contribution in [-0.2, 0) is 10.0 Å². The molecule has 0 bridgehead atoms. The molecule has 0 aromatic carbocycles. The van der Waals surface area contributed by atoms with Crippen molar-refractivity contribution in [3.05, 3.63) is 42.2 Å². The quantitative estimate of drug-likeness (QED) is 0.511. The van der Waals surface area contributed by atoms with E-state index in [1.54, 1.807) is 10.8 Å². The second-order valence-electron chi connectivity index (χ2n) is 7.73. The Balaban J connectivity index is 1.71. The molecule has 1 saturated carbocycles. The van der Waals surface area contributed by atoms with Crippen LogP contribution in [0.5, 0.6) is 0 Å². The van der Waals surface area contributed by atoms with E-state index in [0.717, 1.165) is 37.7 Å². The van der Waals surface area contributed by atoms with Crippen LogP contribution in [0.3, 0.4) is 0 Å². The lowest BCUT2D eigenvalue weighted by atomic mass is 9.92. The predicted molar refractivity (Wildman–Crippen MR) is 107 cm³/mol. The van der Waals surface area contributed by atoms with Crippen LogP contribution in [0.1, 0.15) is 44.2 Å². The fourth-order valence-electron chi connectivity index (χ4n) is 3.52. The minimum Gasteiger partial charge on any atom is -0.321 e. The van der Waals surface area contributed by atoms with Crippen molar-refractivity contribution in [1.29, 1.82) is 0 Å². The van der Waals surface area contributed by atoms with Gasteiger partial charge in [-0.3, -0.25) is 4.98 Å². The average molecular weight is 474 g/mol. The van der Waals surface area contributed by atoms with Gasteiger partial charge in [-0.2, -0.15) is 17.9 Å². The smallest absolute Gasteiger partial charge is 0.321 e. The van der Waals surface area contributed by atoms with Crippen LogP contribution in [0.2, 0.25) is 0 Å². The number of alkyl halides is 5. The largest absolute Gasteiger partial charge is 0.404 e. The molecule has 3 heterocycles. The minimum absolute atomic E-state index is 0.104. The molecule has 4 rings (SSSR count). The molecule has 1 fully saturated rings. The molecular formula is C20H19F5N4O2S. The maximum atomic E-state index is 13.1. The maximum absolute atomic E-state index is 13.1. The van der Waals surface area contributed by atoms with Gasteiger partial charge in [-0.05, 0) is 50.5 Å². The molecular weight excluding hydrogens is 455 g/mol. The third kappa shape index (κ3) is 4.20. The van der Waals surface area contributed by atoms with Gasteiger partial charge >= 0.3 is 6.18 Å². The lowest BCUT2D eigenvalue weighted by molar-refractivity contribution is -0.147. The van der Waals surface area contributed by atoms with Crippen molar-refractivity contribution in [2.24, 2.45) is 0 Å². The zero-order chi connectivity index (χ0) is 23.3. The summed E-state index contributed by atoms with van der Waals surface area (Å²) in [4.78, 5) is 7.93. The lowest BCUT2D eigenvalue weighted by Crippen LogP contribution is -2.42. The molecule has 0 unspecified atom stereocenters. The van der Waals surface area contributed by atoms with E-state index >= 15 is 0 Å². The first-order chi connectivity index (χ1) is 15.0. The van der Waals surface area contributed by atoms with Crippen LogP contribution in [0.4, 0.5) is 22.0 Å². The Hall–Kier alpha value is -2.60. The monoisotopic (exact) mass is 474 g/mol. The highest BCUT2D eigenvalue weighted by atomic mass is 32.2. The first-order valence-electron chi connectivity index (χ1n) is 9.82. The SMILES string of the molecule is C[C@H](NS(=O)(=O)c1ccc(-c2cc3cc(C(F)F)cnc3n2C2CCC2)nc1)C(F)(F)F. The molecule has 0 amide bonds. The lowest BCUT2D eigenvalue weighted by Gasteiger charge is -2.29. The van der Waals surface area contributed by atoms with Crippen molar-refractivity contribution in [2.45, 2.75) is 55.8 Å². The van der Waals surface area contributed by atoms with E-state index in [4.69, 9.17) is 0 Å². The Bertz CT molecular complexity index is 1240. The van der Waals surface area contributed by atoms with Crippen LogP contribution < -0.4 is 4.72 Å². The van der Waals surface area contributed by atoms with Gasteiger partial charge in [0.15, 0.2) is 0 Å². The van der Waals surface area contributed by atoms with Crippen molar-refractivity contribution in [3.8, 4) is 11.4 Å². The standard InChI is InChI=1S/C20H19F5N4O2S/c1-11(20(23,24)25)28-32(30,31)15-5-6-16(26-10-15)17-8-12-7-13(18(21)22)9-27-19(12)29(17)14-3-2-4-14/h5-11,14,18,28H,2-4H2,1H3/t11-/m0/s1. The van der Waals surface area contributed by atoms with E-state index < -0.39 is 33.6 Å². The number of aromatic nitrogens is 3. The molecule has 3 aromatic heterocycles.